The van der Waals surface area contributed by atoms with Crippen molar-refractivity contribution in [2.24, 2.45) is 0 Å². The molecular weight excluding hydrogens is 392 g/mol. The van der Waals surface area contributed by atoms with Crippen LogP contribution in [0.3, 0.4) is 0 Å². The molecule has 4 rings (SSSR count). The number of hydrogen-bond acceptors (Lipinski definition) is 4. The molecular formula is C24H24N4OS. The lowest BCUT2D eigenvalue weighted by Gasteiger charge is -2.12. The summed E-state index contributed by atoms with van der Waals surface area (Å²) in [6.07, 6.45) is 3.49. The minimum atomic E-state index is -0.0812. The van der Waals surface area contributed by atoms with E-state index in [1.54, 1.807) is 24.2 Å². The highest BCUT2D eigenvalue weighted by Gasteiger charge is 2.15. The molecule has 0 spiro atoms. The smallest absolute Gasteiger partial charge is 0.244 e. The van der Waals surface area contributed by atoms with Crippen LogP contribution in [0.4, 0.5) is 5.69 Å². The predicted octanol–water partition coefficient (Wildman–Crippen LogP) is 5.29. The Morgan fingerprint density at radius 2 is 1.80 bits per heavy atom. The maximum Gasteiger partial charge on any atom is 0.244 e. The number of hydrogen-bond donors (Lipinski definition) is 1. The first-order chi connectivity index (χ1) is 14.5. The summed E-state index contributed by atoms with van der Waals surface area (Å²) in [6.45, 7) is 6.31. The number of imidazole rings is 1. The third kappa shape index (κ3) is 4.54. The van der Waals surface area contributed by atoms with Crippen molar-refractivity contribution in [2.75, 3.05) is 5.32 Å². The molecule has 6 heteroatoms. The first-order valence-corrected chi connectivity index (χ1v) is 10.8. The number of fused-ring (bicyclic) bond motifs is 1. The van der Waals surface area contributed by atoms with Gasteiger partial charge in [0.15, 0.2) is 5.16 Å². The van der Waals surface area contributed by atoms with Crippen LogP contribution in [0.25, 0.3) is 11.0 Å². The Kier molecular flexibility index (Phi) is 5.86. The van der Waals surface area contributed by atoms with Crippen LogP contribution in [0.5, 0.6) is 0 Å². The van der Waals surface area contributed by atoms with E-state index in [-0.39, 0.29) is 12.5 Å². The number of rotatable bonds is 6. The third-order valence-electron chi connectivity index (χ3n) is 4.96. The van der Waals surface area contributed by atoms with Crippen LogP contribution in [0.15, 0.2) is 66.1 Å². The highest BCUT2D eigenvalue weighted by molar-refractivity contribution is 7.98. The van der Waals surface area contributed by atoms with E-state index >= 15 is 0 Å². The Balaban J connectivity index is 1.56. The van der Waals surface area contributed by atoms with Crippen LogP contribution in [0.1, 0.15) is 22.3 Å². The Morgan fingerprint density at radius 3 is 2.57 bits per heavy atom. The molecule has 152 valence electrons. The summed E-state index contributed by atoms with van der Waals surface area (Å²) in [5.41, 5.74) is 7.23. The average molecular weight is 417 g/mol. The zero-order valence-corrected chi connectivity index (χ0v) is 18.2. The number of carbonyl (C=O) groups excluding carboxylic acids is 1. The summed E-state index contributed by atoms with van der Waals surface area (Å²) in [4.78, 5) is 21.8. The fraction of sp³-hybridized carbons (Fsp3) is 0.208. The highest BCUT2D eigenvalue weighted by Crippen LogP contribution is 2.27. The van der Waals surface area contributed by atoms with Gasteiger partial charge in [0.2, 0.25) is 5.91 Å². The van der Waals surface area contributed by atoms with Crippen molar-refractivity contribution in [3.63, 3.8) is 0 Å². The van der Waals surface area contributed by atoms with Crippen LogP contribution >= 0.6 is 11.8 Å². The van der Waals surface area contributed by atoms with Gasteiger partial charge in [0.1, 0.15) is 6.54 Å². The third-order valence-corrected chi connectivity index (χ3v) is 6.01. The van der Waals surface area contributed by atoms with Gasteiger partial charge in [0.25, 0.3) is 0 Å². The van der Waals surface area contributed by atoms with Crippen molar-refractivity contribution >= 4 is 34.4 Å². The number of aryl methyl sites for hydroxylation is 3. The zero-order chi connectivity index (χ0) is 21.1. The van der Waals surface area contributed by atoms with Gasteiger partial charge in [0.05, 0.1) is 17.2 Å². The molecule has 0 atom stereocenters. The van der Waals surface area contributed by atoms with Gasteiger partial charge in [-0.1, -0.05) is 59.3 Å². The molecule has 4 aromatic rings. The number of thioether (sulfide) groups is 1. The molecule has 0 saturated carbocycles. The maximum absolute atomic E-state index is 12.8. The summed E-state index contributed by atoms with van der Waals surface area (Å²) in [5, 5.41) is 3.84. The first kappa shape index (κ1) is 20.2. The second kappa shape index (κ2) is 8.71. The first-order valence-electron chi connectivity index (χ1n) is 9.85. The van der Waals surface area contributed by atoms with Crippen molar-refractivity contribution in [3.8, 4) is 0 Å². The van der Waals surface area contributed by atoms with Crippen LogP contribution in [0, 0.1) is 20.8 Å². The summed E-state index contributed by atoms with van der Waals surface area (Å²) in [7, 11) is 0. The van der Waals surface area contributed by atoms with Crippen molar-refractivity contribution < 1.29 is 4.79 Å². The van der Waals surface area contributed by atoms with E-state index in [1.165, 1.54) is 16.7 Å². The van der Waals surface area contributed by atoms with Crippen LogP contribution < -0.4 is 5.32 Å². The number of amides is 1. The Morgan fingerprint density at radius 1 is 1.03 bits per heavy atom. The molecule has 0 unspecified atom stereocenters. The number of nitrogens with one attached hydrogen (secondary N) is 1. The standard InChI is InChI=1S/C24H24N4OS/c1-16-4-7-19(8-5-16)15-30-24-27-21-10-11-25-13-22(21)28(24)14-23(29)26-20-9-6-17(2)12-18(20)3/h4-13H,14-15H2,1-3H3,(H,26,29). The van der Waals surface area contributed by atoms with Crippen molar-refractivity contribution in [3.05, 3.63) is 83.2 Å². The van der Waals surface area contributed by atoms with E-state index in [4.69, 9.17) is 4.98 Å². The van der Waals surface area contributed by atoms with Gasteiger partial charge in [0, 0.05) is 17.6 Å². The molecule has 5 nitrogen and oxygen atoms in total. The Labute approximate surface area is 180 Å². The van der Waals surface area contributed by atoms with E-state index in [0.717, 1.165) is 33.2 Å². The lowest BCUT2D eigenvalue weighted by atomic mass is 10.1. The largest absolute Gasteiger partial charge is 0.324 e. The molecule has 0 fully saturated rings. The van der Waals surface area contributed by atoms with Crippen molar-refractivity contribution in [1.29, 1.82) is 0 Å². The molecule has 0 aliphatic heterocycles. The molecule has 0 aliphatic rings. The molecule has 0 radical (unpaired) electrons. The summed E-state index contributed by atoms with van der Waals surface area (Å²) in [5.74, 6) is 0.706. The maximum atomic E-state index is 12.8. The lowest BCUT2D eigenvalue weighted by molar-refractivity contribution is -0.116. The SMILES string of the molecule is Cc1ccc(CSc2nc3ccncc3n2CC(=O)Nc2ccc(C)cc2C)cc1. The average Bonchev–Trinajstić information content (AvgIpc) is 3.07. The number of carbonyl (C=O) groups is 1. The monoisotopic (exact) mass is 416 g/mol. The van der Waals surface area contributed by atoms with E-state index < -0.39 is 0 Å². The summed E-state index contributed by atoms with van der Waals surface area (Å²) >= 11 is 1.63. The highest BCUT2D eigenvalue weighted by atomic mass is 32.2. The number of anilines is 1. The van der Waals surface area contributed by atoms with Crippen molar-refractivity contribution in [1.82, 2.24) is 14.5 Å². The quantitative estimate of drug-likeness (QED) is 0.434. The number of pyridine rings is 1. The van der Waals surface area contributed by atoms with Crippen LogP contribution in [-0.4, -0.2) is 20.4 Å². The lowest BCUT2D eigenvalue weighted by Crippen LogP contribution is -2.19. The minimum absolute atomic E-state index is 0.0812. The molecule has 0 bridgehead atoms. The summed E-state index contributed by atoms with van der Waals surface area (Å²) in [6, 6.07) is 16.4. The Hall–Kier alpha value is -3.12. The van der Waals surface area contributed by atoms with Crippen molar-refractivity contribution in [2.45, 2.75) is 38.2 Å². The van der Waals surface area contributed by atoms with E-state index in [9.17, 15) is 4.79 Å². The molecule has 1 amide bonds. The Bertz CT molecular complexity index is 1200. The molecule has 30 heavy (non-hydrogen) atoms. The normalized spacial score (nSPS) is 11.0. The van der Waals surface area contributed by atoms with E-state index in [1.807, 2.05) is 36.6 Å². The second-order valence-electron chi connectivity index (χ2n) is 7.49. The van der Waals surface area contributed by atoms with Gasteiger partial charge in [-0.15, -0.1) is 0 Å². The zero-order valence-electron chi connectivity index (χ0n) is 17.3. The van der Waals surface area contributed by atoms with E-state index in [0.29, 0.717) is 0 Å². The molecule has 2 heterocycles. The second-order valence-corrected chi connectivity index (χ2v) is 8.43. The van der Waals surface area contributed by atoms with Gasteiger partial charge in [-0.25, -0.2) is 4.98 Å². The van der Waals surface area contributed by atoms with Gasteiger partial charge < -0.3 is 9.88 Å². The van der Waals surface area contributed by atoms with Crippen LogP contribution in [-0.2, 0) is 17.1 Å². The summed E-state index contributed by atoms with van der Waals surface area (Å²) < 4.78 is 1.94. The van der Waals surface area contributed by atoms with Crippen LogP contribution in [0.2, 0.25) is 0 Å². The predicted molar refractivity (Wildman–Crippen MR) is 123 cm³/mol. The fourth-order valence-electron chi connectivity index (χ4n) is 3.33. The minimum Gasteiger partial charge on any atom is -0.324 e. The number of benzene rings is 2. The molecule has 0 aliphatic carbocycles. The number of nitrogens with zero attached hydrogens (tertiary/aromatic N) is 3. The molecule has 2 aromatic carbocycles. The van der Waals surface area contributed by atoms with Gasteiger partial charge in [-0.05, 0) is 44.0 Å². The molecule has 0 saturated heterocycles. The topological polar surface area (TPSA) is 59.8 Å². The molecule has 1 N–H and O–H groups in total. The van der Waals surface area contributed by atoms with Gasteiger partial charge >= 0.3 is 0 Å². The molecule has 2 aromatic heterocycles. The number of aromatic nitrogens is 3. The fourth-order valence-corrected chi connectivity index (χ4v) is 4.30. The van der Waals surface area contributed by atoms with Gasteiger partial charge in [-0.3, -0.25) is 9.78 Å². The van der Waals surface area contributed by atoms with Gasteiger partial charge in [-0.2, -0.15) is 0 Å². The van der Waals surface area contributed by atoms with E-state index in [2.05, 4.69) is 47.6 Å².